The first-order valence-electron chi connectivity index (χ1n) is 6.83. The Morgan fingerprint density at radius 1 is 1.14 bits per heavy atom. The van der Waals surface area contributed by atoms with Crippen molar-refractivity contribution in [2.24, 2.45) is 0 Å². The minimum Gasteiger partial charge on any atom is -0.493 e. The Hall–Kier alpha value is -2.49. The molecule has 4 heteroatoms. The molecule has 1 N–H and O–H groups in total. The lowest BCUT2D eigenvalue weighted by molar-refractivity contribution is -0.110. The standard InChI is InChI=1S/C17H17NO3/c1-20-15-8-7-11-9-14(18-10-19)12-5-3-4-6-13(12)16(11)17(15)21-2/h3-8,10,14H,9H2,1-2H3,(H,18,19). The fraction of sp³-hybridized carbons (Fsp3) is 0.235. The summed E-state index contributed by atoms with van der Waals surface area (Å²) in [7, 11) is 3.28. The number of carbonyl (C=O) groups is 1. The smallest absolute Gasteiger partial charge is 0.207 e. The Morgan fingerprint density at radius 2 is 1.95 bits per heavy atom. The zero-order chi connectivity index (χ0) is 14.8. The van der Waals surface area contributed by atoms with E-state index in [4.69, 9.17) is 9.47 Å². The van der Waals surface area contributed by atoms with Crippen LogP contribution in [0.5, 0.6) is 11.5 Å². The van der Waals surface area contributed by atoms with E-state index < -0.39 is 0 Å². The lowest BCUT2D eigenvalue weighted by atomic mass is 9.82. The van der Waals surface area contributed by atoms with Crippen LogP contribution in [0.2, 0.25) is 0 Å². The number of amides is 1. The summed E-state index contributed by atoms with van der Waals surface area (Å²) in [4.78, 5) is 10.9. The summed E-state index contributed by atoms with van der Waals surface area (Å²) in [5.74, 6) is 1.46. The van der Waals surface area contributed by atoms with Crippen molar-refractivity contribution in [3.8, 4) is 22.6 Å². The van der Waals surface area contributed by atoms with Crippen molar-refractivity contribution in [1.82, 2.24) is 5.32 Å². The van der Waals surface area contributed by atoms with Crippen molar-refractivity contribution < 1.29 is 14.3 Å². The molecule has 1 atom stereocenters. The van der Waals surface area contributed by atoms with Crippen molar-refractivity contribution in [3.63, 3.8) is 0 Å². The molecule has 0 bridgehead atoms. The molecule has 0 aliphatic heterocycles. The molecule has 4 nitrogen and oxygen atoms in total. The highest BCUT2D eigenvalue weighted by molar-refractivity contribution is 5.82. The summed E-state index contributed by atoms with van der Waals surface area (Å²) >= 11 is 0. The molecule has 3 rings (SSSR count). The van der Waals surface area contributed by atoms with Crippen molar-refractivity contribution in [3.05, 3.63) is 47.5 Å². The lowest BCUT2D eigenvalue weighted by Crippen LogP contribution is -2.25. The Morgan fingerprint density at radius 3 is 2.67 bits per heavy atom. The fourth-order valence-electron chi connectivity index (χ4n) is 3.02. The summed E-state index contributed by atoms with van der Waals surface area (Å²) in [5.41, 5.74) is 4.37. The molecule has 2 aromatic carbocycles. The molecular formula is C17H17NO3. The molecule has 0 fully saturated rings. The van der Waals surface area contributed by atoms with Gasteiger partial charge in [0.25, 0.3) is 0 Å². The predicted molar refractivity (Wildman–Crippen MR) is 80.6 cm³/mol. The Balaban J connectivity index is 2.25. The van der Waals surface area contributed by atoms with Crippen LogP contribution in [0.15, 0.2) is 36.4 Å². The SMILES string of the molecule is COc1ccc2c(c1OC)-c1ccccc1C(NC=O)C2. The molecule has 2 aromatic rings. The van der Waals surface area contributed by atoms with Crippen LogP contribution in [0.3, 0.4) is 0 Å². The van der Waals surface area contributed by atoms with Crippen LogP contribution in [-0.4, -0.2) is 20.6 Å². The molecule has 0 heterocycles. The molecule has 1 aliphatic carbocycles. The first-order chi connectivity index (χ1) is 10.3. The van der Waals surface area contributed by atoms with Gasteiger partial charge in [-0.2, -0.15) is 0 Å². The van der Waals surface area contributed by atoms with Crippen LogP contribution >= 0.6 is 0 Å². The zero-order valence-corrected chi connectivity index (χ0v) is 12.1. The average molecular weight is 283 g/mol. The first kappa shape index (κ1) is 13.5. The number of benzene rings is 2. The highest BCUT2D eigenvalue weighted by Crippen LogP contribution is 2.47. The molecule has 1 aliphatic rings. The fourth-order valence-corrected chi connectivity index (χ4v) is 3.02. The van der Waals surface area contributed by atoms with Crippen LogP contribution in [0.4, 0.5) is 0 Å². The molecule has 21 heavy (non-hydrogen) atoms. The molecule has 0 saturated heterocycles. The van der Waals surface area contributed by atoms with E-state index in [0.717, 1.165) is 40.8 Å². The number of carbonyl (C=O) groups excluding carboxylic acids is 1. The minimum atomic E-state index is -0.00991. The molecule has 0 aromatic heterocycles. The summed E-state index contributed by atoms with van der Waals surface area (Å²) in [6.07, 6.45) is 1.50. The van der Waals surface area contributed by atoms with Gasteiger partial charge in [-0.3, -0.25) is 4.79 Å². The number of ether oxygens (including phenoxy) is 2. The molecule has 108 valence electrons. The molecule has 0 radical (unpaired) electrons. The van der Waals surface area contributed by atoms with E-state index in [9.17, 15) is 4.79 Å². The highest BCUT2D eigenvalue weighted by atomic mass is 16.5. The lowest BCUT2D eigenvalue weighted by Gasteiger charge is -2.29. The maximum Gasteiger partial charge on any atom is 0.207 e. The number of nitrogens with one attached hydrogen (secondary N) is 1. The number of methoxy groups -OCH3 is 2. The third-order valence-electron chi connectivity index (χ3n) is 3.93. The van der Waals surface area contributed by atoms with Gasteiger partial charge in [0, 0.05) is 5.56 Å². The largest absolute Gasteiger partial charge is 0.493 e. The zero-order valence-electron chi connectivity index (χ0n) is 12.1. The third-order valence-corrected chi connectivity index (χ3v) is 3.93. The molecule has 0 spiro atoms. The maximum absolute atomic E-state index is 10.9. The normalized spacial score (nSPS) is 15.6. The van der Waals surface area contributed by atoms with Gasteiger partial charge < -0.3 is 14.8 Å². The molecular weight excluding hydrogens is 266 g/mol. The summed E-state index contributed by atoms with van der Waals surface area (Å²) in [6.45, 7) is 0. The predicted octanol–water partition coefficient (Wildman–Crippen LogP) is 2.71. The van der Waals surface area contributed by atoms with Crippen LogP contribution in [0.1, 0.15) is 17.2 Å². The van der Waals surface area contributed by atoms with E-state index in [2.05, 4.69) is 11.4 Å². The number of fused-ring (bicyclic) bond motifs is 3. The van der Waals surface area contributed by atoms with Crippen molar-refractivity contribution in [1.29, 1.82) is 0 Å². The van der Waals surface area contributed by atoms with E-state index in [1.165, 1.54) is 0 Å². The first-order valence-corrected chi connectivity index (χ1v) is 6.83. The van der Waals surface area contributed by atoms with E-state index in [1.54, 1.807) is 14.2 Å². The van der Waals surface area contributed by atoms with Gasteiger partial charge in [-0.1, -0.05) is 30.3 Å². The van der Waals surface area contributed by atoms with E-state index in [0.29, 0.717) is 5.75 Å². The summed E-state index contributed by atoms with van der Waals surface area (Å²) < 4.78 is 11.0. The highest BCUT2D eigenvalue weighted by Gasteiger charge is 2.28. The van der Waals surface area contributed by atoms with Crippen LogP contribution in [0, 0.1) is 0 Å². The average Bonchev–Trinajstić information content (AvgIpc) is 2.54. The second-order valence-corrected chi connectivity index (χ2v) is 4.96. The van der Waals surface area contributed by atoms with E-state index in [-0.39, 0.29) is 6.04 Å². The van der Waals surface area contributed by atoms with Crippen molar-refractivity contribution in [2.45, 2.75) is 12.5 Å². The maximum atomic E-state index is 10.9. The van der Waals surface area contributed by atoms with Gasteiger partial charge in [-0.05, 0) is 29.2 Å². The van der Waals surface area contributed by atoms with Gasteiger partial charge in [-0.25, -0.2) is 0 Å². The second kappa shape index (κ2) is 5.48. The van der Waals surface area contributed by atoms with Gasteiger partial charge in [0.1, 0.15) is 0 Å². The quantitative estimate of drug-likeness (QED) is 0.878. The van der Waals surface area contributed by atoms with Crippen molar-refractivity contribution in [2.75, 3.05) is 14.2 Å². The summed E-state index contributed by atoms with van der Waals surface area (Å²) in [5, 5.41) is 2.90. The van der Waals surface area contributed by atoms with Gasteiger partial charge in [-0.15, -0.1) is 0 Å². The Bertz CT molecular complexity index is 682. The Labute approximate surface area is 123 Å². The van der Waals surface area contributed by atoms with Gasteiger partial charge in [0.05, 0.1) is 20.3 Å². The monoisotopic (exact) mass is 283 g/mol. The summed E-state index contributed by atoms with van der Waals surface area (Å²) in [6, 6.07) is 12.0. The molecule has 1 amide bonds. The number of hydrogen-bond donors (Lipinski definition) is 1. The van der Waals surface area contributed by atoms with E-state index >= 15 is 0 Å². The number of rotatable bonds is 4. The number of hydrogen-bond acceptors (Lipinski definition) is 3. The minimum absolute atomic E-state index is 0.00991. The molecule has 0 saturated carbocycles. The van der Waals surface area contributed by atoms with Gasteiger partial charge >= 0.3 is 0 Å². The van der Waals surface area contributed by atoms with Crippen LogP contribution < -0.4 is 14.8 Å². The van der Waals surface area contributed by atoms with E-state index in [1.807, 2.05) is 30.3 Å². The Kier molecular flexibility index (Phi) is 3.52. The third kappa shape index (κ3) is 2.13. The second-order valence-electron chi connectivity index (χ2n) is 4.96. The van der Waals surface area contributed by atoms with Gasteiger partial charge in [0.2, 0.25) is 6.41 Å². The van der Waals surface area contributed by atoms with Gasteiger partial charge in [0.15, 0.2) is 11.5 Å². The van der Waals surface area contributed by atoms with Crippen LogP contribution in [-0.2, 0) is 11.2 Å². The topological polar surface area (TPSA) is 47.6 Å². The van der Waals surface area contributed by atoms with Crippen LogP contribution in [0.25, 0.3) is 11.1 Å². The van der Waals surface area contributed by atoms with Crippen molar-refractivity contribution >= 4 is 6.41 Å². The molecule has 1 unspecified atom stereocenters.